The van der Waals surface area contributed by atoms with Crippen LogP contribution in [-0.2, 0) is 11.3 Å². The number of nitrogens with one attached hydrogen (secondary N) is 1. The van der Waals surface area contributed by atoms with Crippen LogP contribution in [-0.4, -0.2) is 33.5 Å². The molecule has 2 aromatic carbocycles. The second-order valence-electron chi connectivity index (χ2n) is 8.59. The molecule has 1 amide bonds. The maximum absolute atomic E-state index is 13.2. The number of anilines is 2. The Labute approximate surface area is 213 Å². The van der Waals surface area contributed by atoms with Crippen LogP contribution in [0.5, 0.6) is 0 Å². The lowest BCUT2D eigenvalue weighted by Gasteiger charge is -2.22. The molecule has 0 saturated carbocycles. The third-order valence-electron chi connectivity index (χ3n) is 6.31. The van der Waals surface area contributed by atoms with Crippen molar-refractivity contribution in [2.75, 3.05) is 23.3 Å². The van der Waals surface area contributed by atoms with Crippen molar-refractivity contribution in [3.05, 3.63) is 82.9 Å². The van der Waals surface area contributed by atoms with Gasteiger partial charge in [-0.2, -0.15) is 0 Å². The fraction of sp³-hybridized carbons (Fsp3) is 0.214. The molecule has 0 bridgehead atoms. The van der Waals surface area contributed by atoms with Crippen molar-refractivity contribution in [2.24, 2.45) is 0 Å². The van der Waals surface area contributed by atoms with E-state index in [4.69, 9.17) is 4.98 Å². The largest absolute Gasteiger partial charge is 0.372 e. The van der Waals surface area contributed by atoms with Gasteiger partial charge in [0, 0.05) is 35.4 Å². The molecule has 0 saturated heterocycles. The van der Waals surface area contributed by atoms with E-state index < -0.39 is 0 Å². The second kappa shape index (κ2) is 9.91. The van der Waals surface area contributed by atoms with E-state index in [9.17, 15) is 9.59 Å². The number of carbonyl (C=O) groups excluding carboxylic acids is 1. The number of thiophene rings is 1. The van der Waals surface area contributed by atoms with Gasteiger partial charge in [0.2, 0.25) is 5.91 Å². The number of rotatable bonds is 7. The van der Waals surface area contributed by atoms with Crippen LogP contribution >= 0.6 is 11.3 Å². The molecule has 5 rings (SSSR count). The lowest BCUT2D eigenvalue weighted by molar-refractivity contribution is -0.116. The van der Waals surface area contributed by atoms with Crippen molar-refractivity contribution in [3.8, 4) is 11.3 Å². The van der Waals surface area contributed by atoms with Gasteiger partial charge in [0.1, 0.15) is 16.1 Å². The van der Waals surface area contributed by atoms with Crippen molar-refractivity contribution in [3.63, 3.8) is 0 Å². The first-order valence-corrected chi connectivity index (χ1v) is 12.8. The minimum Gasteiger partial charge on any atom is -0.372 e. The zero-order valence-corrected chi connectivity index (χ0v) is 21.3. The summed E-state index contributed by atoms with van der Waals surface area (Å²) < 4.78 is 1.85. The third-order valence-corrected chi connectivity index (χ3v) is 7.38. The van der Waals surface area contributed by atoms with E-state index in [-0.39, 0.29) is 18.0 Å². The summed E-state index contributed by atoms with van der Waals surface area (Å²) in [5.74, 6) is -0.275. The topological polar surface area (TPSA) is 80.1 Å². The molecule has 0 unspecified atom stereocenters. The van der Waals surface area contributed by atoms with Crippen LogP contribution in [0.25, 0.3) is 31.7 Å². The number of aryl methyl sites for hydroxylation is 1. The summed E-state index contributed by atoms with van der Waals surface area (Å²) in [6, 6.07) is 19.8. The highest BCUT2D eigenvalue weighted by atomic mass is 32.1. The molecule has 5 aromatic rings. The average molecular weight is 498 g/mol. The molecule has 0 aliphatic rings. The molecule has 3 heterocycles. The summed E-state index contributed by atoms with van der Waals surface area (Å²) in [7, 11) is 0. The number of aromatic nitrogens is 3. The van der Waals surface area contributed by atoms with Crippen LogP contribution in [0.4, 0.5) is 11.4 Å². The number of nitrogens with zero attached hydrogens (tertiary/aromatic N) is 4. The Hall–Kier alpha value is -4.04. The zero-order chi connectivity index (χ0) is 25.2. The summed E-state index contributed by atoms with van der Waals surface area (Å²) in [5, 5.41) is 3.77. The van der Waals surface area contributed by atoms with Crippen molar-refractivity contribution in [1.82, 2.24) is 14.5 Å². The van der Waals surface area contributed by atoms with E-state index in [1.54, 1.807) is 0 Å². The number of pyridine rings is 1. The Kier molecular flexibility index (Phi) is 6.52. The van der Waals surface area contributed by atoms with Crippen molar-refractivity contribution in [1.29, 1.82) is 0 Å². The fourth-order valence-corrected chi connectivity index (χ4v) is 5.43. The van der Waals surface area contributed by atoms with Gasteiger partial charge in [-0.25, -0.2) is 9.97 Å². The Morgan fingerprint density at radius 3 is 2.56 bits per heavy atom. The van der Waals surface area contributed by atoms with Gasteiger partial charge in [0.15, 0.2) is 0 Å². The summed E-state index contributed by atoms with van der Waals surface area (Å²) in [5.41, 5.74) is 5.06. The van der Waals surface area contributed by atoms with Crippen LogP contribution in [0.1, 0.15) is 19.4 Å². The van der Waals surface area contributed by atoms with E-state index in [0.29, 0.717) is 10.2 Å². The van der Waals surface area contributed by atoms with E-state index >= 15 is 0 Å². The third kappa shape index (κ3) is 4.47. The maximum atomic E-state index is 13.2. The van der Waals surface area contributed by atoms with Crippen LogP contribution in [0.3, 0.4) is 0 Å². The lowest BCUT2D eigenvalue weighted by atomic mass is 10.1. The minimum absolute atomic E-state index is 0.115. The quantitative estimate of drug-likeness (QED) is 0.323. The van der Waals surface area contributed by atoms with Crippen molar-refractivity contribution >= 4 is 49.1 Å². The number of hydrogen-bond donors (Lipinski definition) is 1. The van der Waals surface area contributed by atoms with Gasteiger partial charge in [-0.1, -0.05) is 30.3 Å². The molecule has 0 spiro atoms. The molecular formula is C28H27N5O2S. The van der Waals surface area contributed by atoms with Gasteiger partial charge in [0.25, 0.3) is 5.56 Å². The number of carbonyl (C=O) groups is 1. The molecule has 3 aromatic heterocycles. The number of amides is 1. The first-order valence-electron chi connectivity index (χ1n) is 12.0. The molecule has 7 nitrogen and oxygen atoms in total. The van der Waals surface area contributed by atoms with Crippen LogP contribution in [0, 0.1) is 6.92 Å². The van der Waals surface area contributed by atoms with E-state index in [2.05, 4.69) is 35.1 Å². The molecule has 182 valence electrons. The Morgan fingerprint density at radius 2 is 1.83 bits per heavy atom. The highest BCUT2D eigenvalue weighted by Crippen LogP contribution is 2.31. The van der Waals surface area contributed by atoms with Gasteiger partial charge >= 0.3 is 0 Å². The standard InChI is InChI=1S/C28H27N5O2S/c1-4-32(5-2)20-11-13-22(18(3)15-20)30-24(34)16-33-17-29-25-21-12-14-23(19-9-7-6-8-10-19)31-27(21)36-26(25)28(33)35/h6-15,17H,4-5,16H2,1-3H3,(H,30,34). The average Bonchev–Trinajstić information content (AvgIpc) is 3.27. The molecule has 0 aliphatic heterocycles. The SMILES string of the molecule is CCN(CC)c1ccc(NC(=O)Cn2cnc3c(sc4nc(-c5ccccc5)ccc43)c2=O)c(C)c1. The molecule has 36 heavy (non-hydrogen) atoms. The number of fused-ring (bicyclic) bond motifs is 3. The number of hydrogen-bond acceptors (Lipinski definition) is 6. The summed E-state index contributed by atoms with van der Waals surface area (Å²) >= 11 is 1.31. The molecule has 0 radical (unpaired) electrons. The van der Waals surface area contributed by atoms with E-state index in [1.807, 2.05) is 61.5 Å². The highest BCUT2D eigenvalue weighted by molar-refractivity contribution is 7.25. The highest BCUT2D eigenvalue weighted by Gasteiger charge is 2.15. The van der Waals surface area contributed by atoms with Gasteiger partial charge < -0.3 is 10.2 Å². The van der Waals surface area contributed by atoms with E-state index in [0.717, 1.165) is 51.5 Å². The van der Waals surface area contributed by atoms with Gasteiger partial charge in [-0.3, -0.25) is 14.2 Å². The minimum atomic E-state index is -0.275. The second-order valence-corrected chi connectivity index (χ2v) is 9.59. The van der Waals surface area contributed by atoms with Crippen LogP contribution in [0.2, 0.25) is 0 Å². The number of benzene rings is 2. The molecule has 0 fully saturated rings. The maximum Gasteiger partial charge on any atom is 0.271 e. The Bertz CT molecular complexity index is 1620. The summed E-state index contributed by atoms with van der Waals surface area (Å²) in [6.07, 6.45) is 1.44. The summed E-state index contributed by atoms with van der Waals surface area (Å²) in [4.78, 5) is 38.3. The fourth-order valence-electron chi connectivity index (χ4n) is 4.35. The van der Waals surface area contributed by atoms with E-state index in [1.165, 1.54) is 22.2 Å². The smallest absolute Gasteiger partial charge is 0.271 e. The molecular weight excluding hydrogens is 470 g/mol. The monoisotopic (exact) mass is 497 g/mol. The molecule has 0 atom stereocenters. The van der Waals surface area contributed by atoms with Gasteiger partial charge in [-0.05, 0) is 56.7 Å². The first-order chi connectivity index (χ1) is 17.5. The molecule has 1 N–H and O–H groups in total. The Morgan fingerprint density at radius 1 is 1.06 bits per heavy atom. The Balaban J connectivity index is 1.39. The predicted molar refractivity (Wildman–Crippen MR) is 148 cm³/mol. The molecule has 8 heteroatoms. The van der Waals surface area contributed by atoms with Gasteiger partial charge in [0.05, 0.1) is 17.5 Å². The van der Waals surface area contributed by atoms with Crippen molar-refractivity contribution < 1.29 is 4.79 Å². The van der Waals surface area contributed by atoms with Crippen molar-refractivity contribution in [2.45, 2.75) is 27.3 Å². The summed E-state index contributed by atoms with van der Waals surface area (Å²) in [6.45, 7) is 7.92. The lowest BCUT2D eigenvalue weighted by Crippen LogP contribution is -2.27. The first kappa shape index (κ1) is 23.7. The predicted octanol–water partition coefficient (Wildman–Crippen LogP) is 5.47. The van der Waals surface area contributed by atoms with Crippen LogP contribution in [0.15, 0.2) is 71.8 Å². The normalized spacial score (nSPS) is 11.2. The molecule has 0 aliphatic carbocycles. The zero-order valence-electron chi connectivity index (χ0n) is 20.5. The van der Waals surface area contributed by atoms with Crippen LogP contribution < -0.4 is 15.8 Å². The van der Waals surface area contributed by atoms with Gasteiger partial charge in [-0.15, -0.1) is 11.3 Å².